The van der Waals surface area contributed by atoms with E-state index in [-0.39, 0.29) is 11.7 Å². The molecule has 2 aromatic heterocycles. The molecule has 5 rings (SSSR count). The molecule has 8 heteroatoms. The largest absolute Gasteiger partial charge is 0.321 e. The number of aromatic nitrogens is 5. The van der Waals surface area contributed by atoms with E-state index in [1.54, 1.807) is 23.1 Å². The monoisotopic (exact) mass is 416 g/mol. The van der Waals surface area contributed by atoms with Crippen LogP contribution in [0.4, 0.5) is 10.1 Å². The van der Waals surface area contributed by atoms with Crippen molar-refractivity contribution < 1.29 is 9.18 Å². The van der Waals surface area contributed by atoms with Crippen molar-refractivity contribution in [1.29, 1.82) is 0 Å². The Morgan fingerprint density at radius 3 is 2.81 bits per heavy atom. The summed E-state index contributed by atoms with van der Waals surface area (Å²) in [6, 6.07) is 13.7. The molecule has 1 aliphatic rings. The van der Waals surface area contributed by atoms with Gasteiger partial charge < -0.3 is 9.88 Å². The third-order valence-electron chi connectivity index (χ3n) is 5.55. The minimum absolute atomic E-state index is 0.256. The van der Waals surface area contributed by atoms with Crippen molar-refractivity contribution in [3.63, 3.8) is 0 Å². The first-order valence-electron chi connectivity index (χ1n) is 10.3. The van der Waals surface area contributed by atoms with Crippen LogP contribution in [0.2, 0.25) is 0 Å². The predicted molar refractivity (Wildman–Crippen MR) is 115 cm³/mol. The Morgan fingerprint density at radius 1 is 1.16 bits per heavy atom. The summed E-state index contributed by atoms with van der Waals surface area (Å²) in [5.41, 5.74) is 4.68. The summed E-state index contributed by atoms with van der Waals surface area (Å²) in [4.78, 5) is 13.1. The van der Waals surface area contributed by atoms with Gasteiger partial charge in [-0.2, -0.15) is 5.10 Å². The number of rotatable bonds is 5. The van der Waals surface area contributed by atoms with E-state index in [2.05, 4.69) is 20.6 Å². The Bertz CT molecular complexity index is 1260. The topological polar surface area (TPSA) is 77.6 Å². The molecule has 1 amide bonds. The van der Waals surface area contributed by atoms with Gasteiger partial charge in [-0.3, -0.25) is 4.79 Å². The summed E-state index contributed by atoms with van der Waals surface area (Å²) in [5, 5.41) is 15.7. The highest BCUT2D eigenvalue weighted by Gasteiger charge is 2.27. The van der Waals surface area contributed by atoms with Crippen LogP contribution in [0, 0.1) is 5.82 Å². The predicted octanol–water partition coefficient (Wildman–Crippen LogP) is 4.03. The zero-order valence-electron chi connectivity index (χ0n) is 17.0. The van der Waals surface area contributed by atoms with Crippen LogP contribution in [0.3, 0.4) is 0 Å². The van der Waals surface area contributed by atoms with Gasteiger partial charge in [-0.1, -0.05) is 12.1 Å². The van der Waals surface area contributed by atoms with Crippen molar-refractivity contribution in [2.45, 2.75) is 32.7 Å². The van der Waals surface area contributed by atoms with E-state index in [0.29, 0.717) is 11.4 Å². The summed E-state index contributed by atoms with van der Waals surface area (Å²) in [5.74, 6) is 0.192. The van der Waals surface area contributed by atoms with E-state index in [1.165, 1.54) is 12.1 Å². The van der Waals surface area contributed by atoms with Crippen LogP contribution in [0.5, 0.6) is 0 Å². The Balaban J connectivity index is 1.45. The second-order valence-corrected chi connectivity index (χ2v) is 7.49. The van der Waals surface area contributed by atoms with E-state index >= 15 is 0 Å². The molecule has 0 fully saturated rings. The molecule has 0 saturated carbocycles. The van der Waals surface area contributed by atoms with Crippen molar-refractivity contribution in [1.82, 2.24) is 24.5 Å². The number of aryl methyl sites for hydroxylation is 1. The summed E-state index contributed by atoms with van der Waals surface area (Å²) >= 11 is 0. The lowest BCUT2D eigenvalue weighted by Crippen LogP contribution is -2.15. The summed E-state index contributed by atoms with van der Waals surface area (Å²) < 4.78 is 17.0. The second-order valence-electron chi connectivity index (χ2n) is 7.49. The summed E-state index contributed by atoms with van der Waals surface area (Å²) in [6.45, 7) is 2.78. The van der Waals surface area contributed by atoms with Gasteiger partial charge in [0.25, 0.3) is 5.91 Å². The fourth-order valence-electron chi connectivity index (χ4n) is 4.05. The molecule has 2 heterocycles. The molecule has 2 aromatic carbocycles. The van der Waals surface area contributed by atoms with Gasteiger partial charge in [0.15, 0.2) is 11.5 Å². The van der Waals surface area contributed by atoms with Gasteiger partial charge in [0.2, 0.25) is 0 Å². The number of carbonyl (C=O) groups is 1. The first-order valence-corrected chi connectivity index (χ1v) is 10.3. The first-order chi connectivity index (χ1) is 15.1. The Hall–Kier alpha value is -3.81. The Morgan fingerprint density at radius 2 is 2.00 bits per heavy atom. The van der Waals surface area contributed by atoms with Gasteiger partial charge in [0, 0.05) is 29.1 Å². The molecule has 0 radical (unpaired) electrons. The highest BCUT2D eigenvalue weighted by Crippen LogP contribution is 2.29. The van der Waals surface area contributed by atoms with Gasteiger partial charge in [0.1, 0.15) is 12.1 Å². The van der Waals surface area contributed by atoms with Crippen LogP contribution in [0.1, 0.15) is 35.1 Å². The molecule has 1 N–H and O–H groups in total. The third-order valence-corrected chi connectivity index (χ3v) is 5.55. The molecule has 1 aliphatic carbocycles. The SMILES string of the molecule is CCn1cnnc1-c1cccc(NC(=O)c2nn(-c3ccc(F)cc3)c3c2CCC3)c1. The maximum Gasteiger partial charge on any atom is 0.276 e. The van der Waals surface area contributed by atoms with Crippen molar-refractivity contribution in [3.05, 3.63) is 77.6 Å². The average Bonchev–Trinajstić information content (AvgIpc) is 3.51. The number of fused-ring (bicyclic) bond motifs is 1. The molecular formula is C23H21FN6O. The number of benzene rings is 2. The molecule has 156 valence electrons. The standard InChI is InChI=1S/C23H21FN6O/c1-2-29-14-25-27-22(29)15-5-3-6-17(13-15)26-23(31)21-19-7-4-8-20(19)30(28-21)18-11-9-16(24)10-12-18/h3,5-6,9-14H,2,4,7-8H2,1H3,(H,26,31). The minimum Gasteiger partial charge on any atom is -0.321 e. The number of amides is 1. The van der Waals surface area contributed by atoms with Crippen LogP contribution < -0.4 is 5.32 Å². The molecular weight excluding hydrogens is 395 g/mol. The lowest BCUT2D eigenvalue weighted by molar-refractivity contribution is 0.102. The number of hydrogen-bond donors (Lipinski definition) is 1. The van der Waals surface area contributed by atoms with Crippen LogP contribution in [0.15, 0.2) is 54.9 Å². The van der Waals surface area contributed by atoms with Gasteiger partial charge in [0.05, 0.1) is 5.69 Å². The number of anilines is 1. The molecule has 0 unspecified atom stereocenters. The first kappa shape index (κ1) is 19.2. The van der Waals surface area contributed by atoms with E-state index in [4.69, 9.17) is 0 Å². The van der Waals surface area contributed by atoms with Crippen molar-refractivity contribution >= 4 is 11.6 Å². The van der Waals surface area contributed by atoms with E-state index in [1.807, 2.05) is 35.8 Å². The van der Waals surface area contributed by atoms with Crippen LogP contribution in [0.25, 0.3) is 17.1 Å². The number of nitrogens with one attached hydrogen (secondary N) is 1. The smallest absolute Gasteiger partial charge is 0.276 e. The van der Waals surface area contributed by atoms with Gasteiger partial charge in [-0.15, -0.1) is 10.2 Å². The molecule has 0 saturated heterocycles. The molecule has 0 spiro atoms. The lowest BCUT2D eigenvalue weighted by Gasteiger charge is -2.08. The highest BCUT2D eigenvalue weighted by molar-refractivity contribution is 6.04. The van der Waals surface area contributed by atoms with Crippen LogP contribution in [-0.4, -0.2) is 30.5 Å². The normalized spacial score (nSPS) is 12.7. The molecule has 7 nitrogen and oxygen atoms in total. The molecule has 4 aromatic rings. The molecule has 0 atom stereocenters. The zero-order valence-corrected chi connectivity index (χ0v) is 17.0. The number of halogens is 1. The number of hydrogen-bond acceptors (Lipinski definition) is 4. The number of carbonyl (C=O) groups excluding carboxylic acids is 1. The van der Waals surface area contributed by atoms with Crippen molar-refractivity contribution in [3.8, 4) is 17.1 Å². The average molecular weight is 416 g/mol. The molecule has 0 aliphatic heterocycles. The van der Waals surface area contributed by atoms with E-state index < -0.39 is 0 Å². The second kappa shape index (κ2) is 7.79. The summed E-state index contributed by atoms with van der Waals surface area (Å²) in [7, 11) is 0. The quantitative estimate of drug-likeness (QED) is 0.533. The fraction of sp³-hybridized carbons (Fsp3) is 0.217. The van der Waals surface area contributed by atoms with Gasteiger partial charge >= 0.3 is 0 Å². The van der Waals surface area contributed by atoms with Gasteiger partial charge in [-0.25, -0.2) is 9.07 Å². The van der Waals surface area contributed by atoms with Crippen molar-refractivity contribution in [2.75, 3.05) is 5.32 Å². The molecule has 0 bridgehead atoms. The zero-order chi connectivity index (χ0) is 21.4. The third kappa shape index (κ3) is 3.50. The summed E-state index contributed by atoms with van der Waals surface area (Å²) in [6.07, 6.45) is 4.30. The molecule has 31 heavy (non-hydrogen) atoms. The van der Waals surface area contributed by atoms with Crippen LogP contribution >= 0.6 is 0 Å². The number of nitrogens with zero attached hydrogens (tertiary/aromatic N) is 5. The minimum atomic E-state index is -0.302. The van der Waals surface area contributed by atoms with E-state index in [9.17, 15) is 9.18 Å². The fourth-order valence-corrected chi connectivity index (χ4v) is 4.05. The maximum atomic E-state index is 13.3. The van der Waals surface area contributed by atoms with E-state index in [0.717, 1.165) is 54.1 Å². The van der Waals surface area contributed by atoms with Crippen LogP contribution in [-0.2, 0) is 19.4 Å². The Kier molecular flexibility index (Phi) is 4.82. The Labute approximate surface area is 178 Å². The maximum absolute atomic E-state index is 13.3. The highest BCUT2D eigenvalue weighted by atomic mass is 19.1. The lowest BCUT2D eigenvalue weighted by atomic mass is 10.1. The van der Waals surface area contributed by atoms with Gasteiger partial charge in [-0.05, 0) is 62.6 Å². The van der Waals surface area contributed by atoms with Crippen molar-refractivity contribution in [2.24, 2.45) is 0 Å².